The second kappa shape index (κ2) is 5.32. The van der Waals surface area contributed by atoms with Gasteiger partial charge in [0, 0.05) is 24.0 Å². The van der Waals surface area contributed by atoms with Gasteiger partial charge in [0.05, 0.1) is 5.69 Å². The van der Waals surface area contributed by atoms with Crippen LogP contribution in [0.1, 0.15) is 19.0 Å². The normalized spacial score (nSPS) is 13.2. The van der Waals surface area contributed by atoms with Gasteiger partial charge in [0.25, 0.3) is 0 Å². The van der Waals surface area contributed by atoms with Gasteiger partial charge in [-0.25, -0.2) is 9.97 Å². The van der Waals surface area contributed by atoms with Crippen LogP contribution in [-0.2, 0) is 6.42 Å². The van der Waals surface area contributed by atoms with Gasteiger partial charge in [-0.3, -0.25) is 9.50 Å². The number of aromatic nitrogens is 5. The van der Waals surface area contributed by atoms with Crippen LogP contribution in [0, 0.1) is 0 Å². The predicted molar refractivity (Wildman–Crippen MR) is 75.5 cm³/mol. The molecule has 0 aliphatic rings. The van der Waals surface area contributed by atoms with Crippen molar-refractivity contribution in [3.05, 3.63) is 23.6 Å². The smallest absolute Gasteiger partial charge is 0.194 e. The minimum atomic E-state index is 0.147. The Hall–Kier alpha value is -1.38. The molecule has 19 heavy (non-hydrogen) atoms. The molecule has 0 saturated heterocycles. The minimum absolute atomic E-state index is 0.147. The van der Waals surface area contributed by atoms with E-state index in [2.05, 4.69) is 31.5 Å². The maximum absolute atomic E-state index is 6.08. The average molecular weight is 294 g/mol. The number of nitrogens with one attached hydrogen (secondary N) is 1. The van der Waals surface area contributed by atoms with Crippen molar-refractivity contribution in [2.24, 2.45) is 5.73 Å². The first-order valence-corrected chi connectivity index (χ1v) is 7.70. The summed E-state index contributed by atoms with van der Waals surface area (Å²) >= 11 is 3.11. The van der Waals surface area contributed by atoms with E-state index >= 15 is 0 Å². The summed E-state index contributed by atoms with van der Waals surface area (Å²) < 4.78 is 2.11. The number of hydrogen-bond donors (Lipinski definition) is 2. The summed E-state index contributed by atoms with van der Waals surface area (Å²) in [6.07, 6.45) is 5.29. The third-order valence-electron chi connectivity index (χ3n) is 2.89. The van der Waals surface area contributed by atoms with E-state index in [1.54, 1.807) is 11.3 Å². The summed E-state index contributed by atoms with van der Waals surface area (Å²) in [7, 11) is 0. The quantitative estimate of drug-likeness (QED) is 0.751. The van der Waals surface area contributed by atoms with E-state index in [1.807, 2.05) is 11.6 Å². The van der Waals surface area contributed by atoms with Gasteiger partial charge in [-0.1, -0.05) is 6.92 Å². The highest BCUT2D eigenvalue weighted by molar-refractivity contribution is 7.99. The maximum Gasteiger partial charge on any atom is 0.194 e. The van der Waals surface area contributed by atoms with Crippen molar-refractivity contribution in [3.63, 3.8) is 0 Å². The van der Waals surface area contributed by atoms with E-state index in [0.29, 0.717) is 0 Å². The first-order chi connectivity index (χ1) is 9.28. The van der Waals surface area contributed by atoms with Crippen LogP contribution in [0.5, 0.6) is 0 Å². The van der Waals surface area contributed by atoms with E-state index in [1.165, 1.54) is 18.1 Å². The zero-order valence-electron chi connectivity index (χ0n) is 10.4. The predicted octanol–water partition coefficient (Wildman–Crippen LogP) is 1.94. The molecule has 3 aromatic rings. The molecule has 0 bridgehead atoms. The highest BCUT2D eigenvalue weighted by Gasteiger charge is 2.17. The van der Waals surface area contributed by atoms with Crippen molar-refractivity contribution in [2.45, 2.75) is 36.0 Å². The van der Waals surface area contributed by atoms with Gasteiger partial charge in [-0.2, -0.15) is 5.10 Å². The average Bonchev–Trinajstić information content (AvgIpc) is 3.10. The first-order valence-electron chi connectivity index (χ1n) is 6.01. The van der Waals surface area contributed by atoms with Crippen LogP contribution in [-0.4, -0.2) is 30.6 Å². The molecule has 1 atom stereocenters. The Kier molecular flexibility index (Phi) is 3.54. The second-order valence-corrected chi connectivity index (χ2v) is 6.03. The number of nitrogens with zero attached hydrogens (tertiary/aromatic N) is 4. The monoisotopic (exact) mass is 294 g/mol. The Bertz CT molecular complexity index is 656. The van der Waals surface area contributed by atoms with Gasteiger partial charge < -0.3 is 5.73 Å². The molecule has 1 unspecified atom stereocenters. The molecule has 0 radical (unpaired) electrons. The van der Waals surface area contributed by atoms with Crippen molar-refractivity contribution in [1.82, 2.24) is 24.6 Å². The zero-order chi connectivity index (χ0) is 13.2. The fourth-order valence-corrected chi connectivity index (χ4v) is 3.41. The van der Waals surface area contributed by atoms with Gasteiger partial charge >= 0.3 is 0 Å². The summed E-state index contributed by atoms with van der Waals surface area (Å²) in [6, 6.07) is 0.147. The standard InChI is InChI=1S/C11H14N6S2/c1-2-7(12)5-8-9(19-10-13-6-14-16-10)15-11-17(8)3-4-18-11/h3-4,6-7H,2,5,12H2,1H3,(H,13,14,16). The fourth-order valence-electron chi connectivity index (χ4n) is 1.81. The Morgan fingerprint density at radius 1 is 1.58 bits per heavy atom. The lowest BCUT2D eigenvalue weighted by Crippen LogP contribution is -2.22. The third-order valence-corrected chi connectivity index (χ3v) is 4.56. The van der Waals surface area contributed by atoms with Crippen LogP contribution >= 0.6 is 23.1 Å². The molecule has 3 rings (SSSR count). The van der Waals surface area contributed by atoms with Crippen LogP contribution in [0.2, 0.25) is 0 Å². The van der Waals surface area contributed by atoms with Crippen molar-refractivity contribution >= 4 is 28.1 Å². The molecule has 6 nitrogen and oxygen atoms in total. The number of thiazole rings is 1. The Balaban J connectivity index is 1.97. The largest absolute Gasteiger partial charge is 0.327 e. The first kappa shape index (κ1) is 12.6. The molecule has 0 aliphatic carbocycles. The van der Waals surface area contributed by atoms with Crippen molar-refractivity contribution < 1.29 is 0 Å². The van der Waals surface area contributed by atoms with E-state index in [-0.39, 0.29) is 6.04 Å². The number of hydrogen-bond acceptors (Lipinski definition) is 6. The van der Waals surface area contributed by atoms with E-state index in [0.717, 1.165) is 33.7 Å². The SMILES string of the molecule is CCC(N)Cc1c(Sc2ncn[nH]2)nc2sccn12. The Morgan fingerprint density at radius 2 is 2.47 bits per heavy atom. The molecule has 0 spiro atoms. The molecule has 0 aliphatic heterocycles. The fraction of sp³-hybridized carbons (Fsp3) is 0.364. The molecular formula is C11H14N6S2. The summed E-state index contributed by atoms with van der Waals surface area (Å²) in [4.78, 5) is 9.75. The van der Waals surface area contributed by atoms with E-state index in [4.69, 9.17) is 5.73 Å². The molecule has 0 amide bonds. The molecule has 3 N–H and O–H groups in total. The van der Waals surface area contributed by atoms with Gasteiger partial charge in [0.1, 0.15) is 11.4 Å². The Morgan fingerprint density at radius 3 is 3.21 bits per heavy atom. The molecule has 0 fully saturated rings. The van der Waals surface area contributed by atoms with Gasteiger partial charge in [0.15, 0.2) is 10.1 Å². The number of aromatic amines is 1. The zero-order valence-corrected chi connectivity index (χ0v) is 12.0. The van der Waals surface area contributed by atoms with Crippen LogP contribution < -0.4 is 5.73 Å². The summed E-state index contributed by atoms with van der Waals surface area (Å²) in [5, 5.41) is 10.4. The minimum Gasteiger partial charge on any atom is -0.327 e. The van der Waals surface area contributed by atoms with Crippen LogP contribution in [0.3, 0.4) is 0 Å². The number of nitrogens with two attached hydrogens (primary N) is 1. The number of rotatable bonds is 5. The highest BCUT2D eigenvalue weighted by atomic mass is 32.2. The Labute approximate surface area is 118 Å². The lowest BCUT2D eigenvalue weighted by atomic mass is 10.1. The summed E-state index contributed by atoms with van der Waals surface area (Å²) in [5.41, 5.74) is 7.23. The highest BCUT2D eigenvalue weighted by Crippen LogP contribution is 2.30. The molecule has 8 heteroatoms. The van der Waals surface area contributed by atoms with Crippen LogP contribution in [0.25, 0.3) is 4.96 Å². The van der Waals surface area contributed by atoms with E-state index in [9.17, 15) is 0 Å². The van der Waals surface area contributed by atoms with Crippen LogP contribution in [0.15, 0.2) is 28.1 Å². The molecular weight excluding hydrogens is 280 g/mol. The molecule has 3 aromatic heterocycles. The molecule has 0 aromatic carbocycles. The van der Waals surface area contributed by atoms with Gasteiger partial charge in [0.2, 0.25) is 0 Å². The van der Waals surface area contributed by atoms with Crippen molar-refractivity contribution in [2.75, 3.05) is 0 Å². The topological polar surface area (TPSA) is 84.9 Å². The summed E-state index contributed by atoms with van der Waals surface area (Å²) in [6.45, 7) is 2.10. The lowest BCUT2D eigenvalue weighted by Gasteiger charge is -2.08. The third kappa shape index (κ3) is 2.51. The molecule has 0 saturated carbocycles. The van der Waals surface area contributed by atoms with Gasteiger partial charge in [-0.05, 0) is 18.2 Å². The number of imidazole rings is 1. The van der Waals surface area contributed by atoms with Gasteiger partial charge in [-0.15, -0.1) is 11.3 Å². The van der Waals surface area contributed by atoms with Crippen molar-refractivity contribution in [1.29, 1.82) is 0 Å². The van der Waals surface area contributed by atoms with Crippen LogP contribution in [0.4, 0.5) is 0 Å². The molecule has 100 valence electrons. The second-order valence-electron chi connectivity index (χ2n) is 4.18. The number of fused-ring (bicyclic) bond motifs is 1. The lowest BCUT2D eigenvalue weighted by molar-refractivity contribution is 0.627. The molecule has 3 heterocycles. The number of H-pyrrole nitrogens is 1. The summed E-state index contributed by atoms with van der Waals surface area (Å²) in [5.74, 6) is 0. The van der Waals surface area contributed by atoms with E-state index < -0.39 is 0 Å². The maximum atomic E-state index is 6.08. The van der Waals surface area contributed by atoms with Crippen molar-refractivity contribution in [3.8, 4) is 0 Å².